The summed E-state index contributed by atoms with van der Waals surface area (Å²) in [6.45, 7) is 2.81. The maximum absolute atomic E-state index is 12.0. The predicted molar refractivity (Wildman–Crippen MR) is 88.8 cm³/mol. The molecule has 0 bridgehead atoms. The van der Waals surface area contributed by atoms with Crippen LogP contribution in [0, 0.1) is 0 Å². The van der Waals surface area contributed by atoms with Gasteiger partial charge in [0, 0.05) is 17.8 Å². The smallest absolute Gasteiger partial charge is 0.267 e. The third-order valence-electron chi connectivity index (χ3n) is 3.35. The Morgan fingerprint density at radius 3 is 3.00 bits per heavy atom. The van der Waals surface area contributed by atoms with Crippen molar-refractivity contribution in [2.24, 2.45) is 0 Å². The lowest BCUT2D eigenvalue weighted by Crippen LogP contribution is -2.39. The summed E-state index contributed by atoms with van der Waals surface area (Å²) in [5.41, 5.74) is 0.956. The molecule has 3 heterocycles. The number of thiophene rings is 1. The minimum absolute atomic E-state index is 0.0649. The highest BCUT2D eigenvalue weighted by Crippen LogP contribution is 2.29. The number of alkyl halides is 1. The number of amides is 2. The molecule has 1 unspecified atom stereocenters. The number of anilines is 1. The Balaban J connectivity index is 1.71. The quantitative estimate of drug-likeness (QED) is 0.861. The fraction of sp³-hybridized carbons (Fsp3) is 0.357. The van der Waals surface area contributed by atoms with Gasteiger partial charge < -0.3 is 4.90 Å². The van der Waals surface area contributed by atoms with Gasteiger partial charge in [-0.05, 0) is 18.4 Å². The molecule has 0 fully saturated rings. The van der Waals surface area contributed by atoms with Crippen LogP contribution in [0.4, 0.5) is 5.13 Å². The number of thiazole rings is 1. The van der Waals surface area contributed by atoms with Crippen LogP contribution in [0.25, 0.3) is 0 Å². The summed E-state index contributed by atoms with van der Waals surface area (Å²) in [6.07, 6.45) is 0.691. The van der Waals surface area contributed by atoms with E-state index in [9.17, 15) is 9.59 Å². The van der Waals surface area contributed by atoms with E-state index in [1.165, 1.54) is 22.7 Å². The third kappa shape index (κ3) is 3.16. The minimum atomic E-state index is -0.521. The second-order valence-electron chi connectivity index (χ2n) is 4.95. The molecule has 0 saturated carbocycles. The maximum Gasteiger partial charge on any atom is 0.267 e. The molecule has 3 rings (SSSR count). The van der Waals surface area contributed by atoms with Gasteiger partial charge in [-0.15, -0.1) is 22.9 Å². The first-order valence-corrected chi connectivity index (χ1v) is 8.94. The minimum Gasteiger partial charge on any atom is -0.336 e. The van der Waals surface area contributed by atoms with Crippen molar-refractivity contribution in [3.63, 3.8) is 0 Å². The first kappa shape index (κ1) is 15.5. The average Bonchev–Trinajstić information content (AvgIpc) is 3.14. The fourth-order valence-electron chi connectivity index (χ4n) is 2.26. The molecule has 22 heavy (non-hydrogen) atoms. The van der Waals surface area contributed by atoms with E-state index in [0.29, 0.717) is 29.5 Å². The predicted octanol–water partition coefficient (Wildman–Crippen LogP) is 2.97. The van der Waals surface area contributed by atoms with Crippen LogP contribution >= 0.6 is 34.3 Å². The molecule has 1 N–H and O–H groups in total. The van der Waals surface area contributed by atoms with Crippen LogP contribution in [-0.4, -0.2) is 33.6 Å². The highest BCUT2D eigenvalue weighted by atomic mass is 35.5. The van der Waals surface area contributed by atoms with E-state index in [2.05, 4.69) is 10.3 Å². The zero-order valence-corrected chi connectivity index (χ0v) is 14.2. The molecular weight excluding hydrogens is 342 g/mol. The van der Waals surface area contributed by atoms with Gasteiger partial charge in [-0.3, -0.25) is 14.9 Å². The first-order chi connectivity index (χ1) is 10.5. The number of hydrogen-bond donors (Lipinski definition) is 1. The van der Waals surface area contributed by atoms with E-state index in [-0.39, 0.29) is 11.8 Å². The summed E-state index contributed by atoms with van der Waals surface area (Å²) >= 11 is 8.67. The lowest BCUT2D eigenvalue weighted by molar-refractivity contribution is -0.131. The number of halogens is 1. The molecule has 5 nitrogen and oxygen atoms in total. The van der Waals surface area contributed by atoms with Crippen LogP contribution < -0.4 is 5.32 Å². The molecule has 8 heteroatoms. The SMILES string of the molecule is CC(Cl)C(=O)N1CCc2nc(NC(=O)c3cccs3)sc2C1. The molecule has 2 aromatic heterocycles. The average molecular weight is 356 g/mol. The molecular formula is C14H14ClN3O2S2. The van der Waals surface area contributed by atoms with Crippen molar-refractivity contribution in [1.82, 2.24) is 9.88 Å². The number of hydrogen-bond acceptors (Lipinski definition) is 5. The number of nitrogens with one attached hydrogen (secondary N) is 1. The first-order valence-electron chi connectivity index (χ1n) is 6.81. The topological polar surface area (TPSA) is 62.3 Å². The van der Waals surface area contributed by atoms with Gasteiger partial charge in [0.2, 0.25) is 5.91 Å². The second-order valence-corrected chi connectivity index (χ2v) is 7.63. The molecule has 0 aliphatic carbocycles. The number of nitrogens with zero attached hydrogens (tertiary/aromatic N) is 2. The van der Waals surface area contributed by atoms with Gasteiger partial charge in [0.05, 0.1) is 17.1 Å². The van der Waals surface area contributed by atoms with Crippen LogP contribution in [0.3, 0.4) is 0 Å². The number of fused-ring (bicyclic) bond motifs is 1. The summed E-state index contributed by atoms with van der Waals surface area (Å²) in [6, 6.07) is 3.61. The van der Waals surface area contributed by atoms with E-state index in [1.54, 1.807) is 17.9 Å². The van der Waals surface area contributed by atoms with E-state index < -0.39 is 5.38 Å². The van der Waals surface area contributed by atoms with Crippen molar-refractivity contribution in [3.8, 4) is 0 Å². The lowest BCUT2D eigenvalue weighted by Gasteiger charge is -2.26. The number of aromatic nitrogens is 1. The number of rotatable bonds is 3. The zero-order chi connectivity index (χ0) is 15.7. The van der Waals surface area contributed by atoms with Gasteiger partial charge in [-0.25, -0.2) is 4.98 Å². The van der Waals surface area contributed by atoms with Crippen LogP contribution in [0.2, 0.25) is 0 Å². The summed E-state index contributed by atoms with van der Waals surface area (Å²) in [7, 11) is 0. The largest absolute Gasteiger partial charge is 0.336 e. The normalized spacial score (nSPS) is 15.3. The molecule has 1 atom stereocenters. The van der Waals surface area contributed by atoms with Crippen LogP contribution in [0.15, 0.2) is 17.5 Å². The van der Waals surface area contributed by atoms with Gasteiger partial charge in [0.1, 0.15) is 5.38 Å². The molecule has 116 valence electrons. The van der Waals surface area contributed by atoms with Crippen molar-refractivity contribution >= 4 is 51.2 Å². The molecule has 0 saturated heterocycles. The molecule has 1 aliphatic rings. The molecule has 0 aromatic carbocycles. The molecule has 0 radical (unpaired) electrons. The summed E-state index contributed by atoms with van der Waals surface area (Å²) < 4.78 is 0. The van der Waals surface area contributed by atoms with Crippen molar-refractivity contribution in [2.45, 2.75) is 25.3 Å². The van der Waals surface area contributed by atoms with E-state index in [1.807, 2.05) is 11.4 Å². The van der Waals surface area contributed by atoms with E-state index in [0.717, 1.165) is 10.6 Å². The highest BCUT2D eigenvalue weighted by Gasteiger charge is 2.26. The molecule has 1 aliphatic heterocycles. The van der Waals surface area contributed by atoms with Crippen molar-refractivity contribution in [1.29, 1.82) is 0 Å². The van der Waals surface area contributed by atoms with Crippen molar-refractivity contribution < 1.29 is 9.59 Å². The lowest BCUT2D eigenvalue weighted by atomic mass is 10.1. The summed E-state index contributed by atoms with van der Waals surface area (Å²) in [5, 5.41) is 4.74. The third-order valence-corrected chi connectivity index (χ3v) is 5.40. The number of carbonyl (C=O) groups excluding carboxylic acids is 2. The Bertz CT molecular complexity index is 697. The standard InChI is InChI=1S/C14H14ClN3O2S2/c1-8(15)13(20)18-5-4-9-11(7-18)22-14(16-9)17-12(19)10-3-2-6-21-10/h2-3,6,8H,4-5,7H2,1H3,(H,16,17,19). The van der Waals surface area contributed by atoms with E-state index >= 15 is 0 Å². The Labute approximate surface area is 140 Å². The highest BCUT2D eigenvalue weighted by molar-refractivity contribution is 7.16. The van der Waals surface area contributed by atoms with Gasteiger partial charge in [-0.1, -0.05) is 17.4 Å². The van der Waals surface area contributed by atoms with Gasteiger partial charge >= 0.3 is 0 Å². The molecule has 2 amide bonds. The Morgan fingerprint density at radius 1 is 1.50 bits per heavy atom. The van der Waals surface area contributed by atoms with Crippen LogP contribution in [0.5, 0.6) is 0 Å². The Hall–Kier alpha value is -1.44. The van der Waals surface area contributed by atoms with Gasteiger partial charge in [0.25, 0.3) is 5.91 Å². The van der Waals surface area contributed by atoms with Crippen molar-refractivity contribution in [2.75, 3.05) is 11.9 Å². The van der Waals surface area contributed by atoms with Crippen molar-refractivity contribution in [3.05, 3.63) is 33.0 Å². The van der Waals surface area contributed by atoms with Crippen LogP contribution in [0.1, 0.15) is 27.2 Å². The summed E-state index contributed by atoms with van der Waals surface area (Å²) in [4.78, 5) is 31.9. The molecule has 2 aromatic rings. The van der Waals surface area contributed by atoms with Gasteiger partial charge in [0.15, 0.2) is 5.13 Å². The number of carbonyl (C=O) groups is 2. The monoisotopic (exact) mass is 355 g/mol. The van der Waals surface area contributed by atoms with Crippen LogP contribution in [-0.2, 0) is 17.8 Å². The Morgan fingerprint density at radius 2 is 2.32 bits per heavy atom. The molecule has 0 spiro atoms. The fourth-order valence-corrected chi connectivity index (χ4v) is 4.03. The second kappa shape index (κ2) is 6.36. The van der Waals surface area contributed by atoms with E-state index in [4.69, 9.17) is 11.6 Å². The Kier molecular flexibility index (Phi) is 4.46. The van der Waals surface area contributed by atoms with Gasteiger partial charge in [-0.2, -0.15) is 0 Å². The maximum atomic E-state index is 12.0. The zero-order valence-electron chi connectivity index (χ0n) is 11.8. The summed E-state index contributed by atoms with van der Waals surface area (Å²) in [5.74, 6) is -0.215.